The Morgan fingerprint density at radius 3 is 2.75 bits per heavy atom. The number of pyridine rings is 1. The van der Waals surface area contributed by atoms with E-state index >= 15 is 0 Å². The lowest BCUT2D eigenvalue weighted by Crippen LogP contribution is -2.10. The van der Waals surface area contributed by atoms with Crippen LogP contribution in [0, 0.1) is 6.92 Å². The van der Waals surface area contributed by atoms with E-state index in [1.165, 1.54) is 0 Å². The molecule has 1 aromatic carbocycles. The van der Waals surface area contributed by atoms with Crippen molar-refractivity contribution in [1.29, 1.82) is 0 Å². The zero-order chi connectivity index (χ0) is 14.1. The number of nitrogens with zero attached hydrogens (tertiary/aromatic N) is 2. The Morgan fingerprint density at radius 2 is 2.05 bits per heavy atom. The van der Waals surface area contributed by atoms with E-state index in [0.29, 0.717) is 6.54 Å². The summed E-state index contributed by atoms with van der Waals surface area (Å²) in [6.07, 6.45) is 1.79. The Morgan fingerprint density at radius 1 is 1.25 bits per heavy atom. The molecule has 1 N–H and O–H groups in total. The summed E-state index contributed by atoms with van der Waals surface area (Å²) >= 11 is 0. The van der Waals surface area contributed by atoms with Crippen molar-refractivity contribution in [3.05, 3.63) is 65.6 Å². The maximum Gasteiger partial charge on any atom is 0.352 e. The van der Waals surface area contributed by atoms with Crippen LogP contribution in [0.2, 0.25) is 0 Å². The number of carboxylic acids is 1. The first kappa shape index (κ1) is 12.4. The van der Waals surface area contributed by atoms with E-state index in [0.717, 1.165) is 22.2 Å². The molecule has 0 aliphatic carbocycles. The Kier molecular flexibility index (Phi) is 2.99. The zero-order valence-electron chi connectivity index (χ0n) is 11.1. The third kappa shape index (κ3) is 2.16. The smallest absolute Gasteiger partial charge is 0.352 e. The lowest BCUT2D eigenvalue weighted by Gasteiger charge is -2.08. The van der Waals surface area contributed by atoms with Crippen LogP contribution in [0.15, 0.2) is 48.7 Å². The average Bonchev–Trinajstić information content (AvgIpc) is 2.81. The molecule has 0 aliphatic heterocycles. The number of fused-ring (bicyclic) bond motifs is 1. The van der Waals surface area contributed by atoms with Gasteiger partial charge < -0.3 is 9.67 Å². The number of hydrogen-bond donors (Lipinski definition) is 1. The molecule has 0 saturated carbocycles. The molecule has 0 spiro atoms. The summed E-state index contributed by atoms with van der Waals surface area (Å²) in [5.74, 6) is -0.923. The highest BCUT2D eigenvalue weighted by atomic mass is 16.4. The molecule has 3 aromatic rings. The van der Waals surface area contributed by atoms with Crippen molar-refractivity contribution in [2.75, 3.05) is 0 Å². The quantitative estimate of drug-likeness (QED) is 0.792. The van der Waals surface area contributed by atoms with Gasteiger partial charge in [0.15, 0.2) is 0 Å². The number of aromatic nitrogens is 2. The number of aromatic carboxylic acids is 1. The van der Waals surface area contributed by atoms with Gasteiger partial charge in [-0.3, -0.25) is 4.98 Å². The molecule has 20 heavy (non-hydrogen) atoms. The molecule has 0 fully saturated rings. The maximum absolute atomic E-state index is 11.4. The van der Waals surface area contributed by atoms with Gasteiger partial charge in [-0.15, -0.1) is 0 Å². The Balaban J connectivity index is 2.11. The van der Waals surface area contributed by atoms with Crippen molar-refractivity contribution in [3.8, 4) is 0 Å². The summed E-state index contributed by atoms with van der Waals surface area (Å²) in [6.45, 7) is 2.43. The van der Waals surface area contributed by atoms with Gasteiger partial charge in [-0.1, -0.05) is 24.3 Å². The number of carbonyl (C=O) groups is 1. The first-order chi connectivity index (χ1) is 9.65. The van der Waals surface area contributed by atoms with Gasteiger partial charge in [0.25, 0.3) is 0 Å². The predicted octanol–water partition coefficient (Wildman–Crippen LogP) is 3.09. The van der Waals surface area contributed by atoms with Crippen LogP contribution in [0.25, 0.3) is 10.9 Å². The summed E-state index contributed by atoms with van der Waals surface area (Å²) in [4.78, 5) is 15.7. The van der Waals surface area contributed by atoms with E-state index in [1.807, 2.05) is 43.3 Å². The van der Waals surface area contributed by atoms with Crippen LogP contribution in [0.3, 0.4) is 0 Å². The van der Waals surface area contributed by atoms with Crippen LogP contribution < -0.4 is 0 Å². The number of para-hydroxylation sites is 1. The van der Waals surface area contributed by atoms with Gasteiger partial charge in [-0.25, -0.2) is 4.79 Å². The Bertz CT molecular complexity index is 773. The van der Waals surface area contributed by atoms with Crippen LogP contribution in [-0.4, -0.2) is 20.6 Å². The van der Waals surface area contributed by atoms with Crippen molar-refractivity contribution in [2.45, 2.75) is 13.5 Å². The number of benzene rings is 1. The zero-order valence-corrected chi connectivity index (χ0v) is 11.1. The molecule has 3 rings (SSSR count). The monoisotopic (exact) mass is 266 g/mol. The fourth-order valence-corrected chi connectivity index (χ4v) is 2.31. The Hall–Kier alpha value is -2.62. The molecule has 2 heterocycles. The SMILES string of the molecule is Cc1ccc(Cn2c(C(=O)O)cc3ccccc32)nc1. The van der Waals surface area contributed by atoms with Crippen LogP contribution in [-0.2, 0) is 6.54 Å². The normalized spacial score (nSPS) is 10.8. The minimum atomic E-state index is -0.923. The average molecular weight is 266 g/mol. The molecule has 0 aliphatic rings. The van der Waals surface area contributed by atoms with E-state index in [-0.39, 0.29) is 5.69 Å². The van der Waals surface area contributed by atoms with E-state index in [4.69, 9.17) is 0 Å². The van der Waals surface area contributed by atoms with E-state index < -0.39 is 5.97 Å². The molecule has 4 nitrogen and oxygen atoms in total. The van der Waals surface area contributed by atoms with Crippen LogP contribution >= 0.6 is 0 Å². The second-order valence-electron chi connectivity index (χ2n) is 4.81. The van der Waals surface area contributed by atoms with E-state index in [1.54, 1.807) is 16.8 Å². The van der Waals surface area contributed by atoms with Gasteiger partial charge in [-0.05, 0) is 30.7 Å². The second kappa shape index (κ2) is 4.81. The topological polar surface area (TPSA) is 55.1 Å². The minimum Gasteiger partial charge on any atom is -0.477 e. The number of rotatable bonds is 3. The van der Waals surface area contributed by atoms with Crippen molar-refractivity contribution in [3.63, 3.8) is 0 Å². The molecule has 100 valence electrons. The van der Waals surface area contributed by atoms with Gasteiger partial charge in [0.2, 0.25) is 0 Å². The second-order valence-corrected chi connectivity index (χ2v) is 4.81. The summed E-state index contributed by atoms with van der Waals surface area (Å²) < 4.78 is 1.79. The third-order valence-corrected chi connectivity index (χ3v) is 3.32. The van der Waals surface area contributed by atoms with Crippen molar-refractivity contribution in [1.82, 2.24) is 9.55 Å². The largest absolute Gasteiger partial charge is 0.477 e. The summed E-state index contributed by atoms with van der Waals surface area (Å²) in [7, 11) is 0. The fourth-order valence-electron chi connectivity index (χ4n) is 2.31. The molecule has 0 radical (unpaired) electrons. The van der Waals surface area contributed by atoms with Crippen molar-refractivity contribution < 1.29 is 9.90 Å². The first-order valence-corrected chi connectivity index (χ1v) is 6.38. The van der Waals surface area contributed by atoms with Crippen molar-refractivity contribution in [2.24, 2.45) is 0 Å². The Labute approximate surface area is 116 Å². The van der Waals surface area contributed by atoms with Gasteiger partial charge in [0, 0.05) is 17.1 Å². The predicted molar refractivity (Wildman–Crippen MR) is 77.0 cm³/mol. The minimum absolute atomic E-state index is 0.286. The van der Waals surface area contributed by atoms with Crippen molar-refractivity contribution >= 4 is 16.9 Å². The number of carboxylic acid groups (broad SMARTS) is 1. The molecule has 2 aromatic heterocycles. The van der Waals surface area contributed by atoms with Gasteiger partial charge in [0.1, 0.15) is 5.69 Å². The number of aryl methyl sites for hydroxylation is 1. The maximum atomic E-state index is 11.4. The summed E-state index contributed by atoms with van der Waals surface area (Å²) in [5, 5.41) is 10.3. The number of hydrogen-bond acceptors (Lipinski definition) is 2. The highest BCUT2D eigenvalue weighted by Gasteiger charge is 2.14. The lowest BCUT2D eigenvalue weighted by atomic mass is 10.2. The van der Waals surface area contributed by atoms with Gasteiger partial charge in [-0.2, -0.15) is 0 Å². The summed E-state index contributed by atoms with van der Waals surface area (Å²) in [5.41, 5.74) is 3.13. The third-order valence-electron chi connectivity index (χ3n) is 3.32. The standard InChI is InChI=1S/C16H14N2O2/c1-11-6-7-13(17-9-11)10-18-14-5-3-2-4-12(14)8-15(18)16(19)20/h2-9H,10H2,1H3,(H,19,20). The highest BCUT2D eigenvalue weighted by molar-refractivity contribution is 5.94. The first-order valence-electron chi connectivity index (χ1n) is 6.38. The van der Waals surface area contributed by atoms with E-state index in [9.17, 15) is 9.90 Å². The van der Waals surface area contributed by atoms with Crippen LogP contribution in [0.1, 0.15) is 21.7 Å². The fraction of sp³-hybridized carbons (Fsp3) is 0.125. The molecule has 0 saturated heterocycles. The van der Waals surface area contributed by atoms with Gasteiger partial charge in [0.05, 0.1) is 12.2 Å². The van der Waals surface area contributed by atoms with Crippen LogP contribution in [0.5, 0.6) is 0 Å². The molecule has 0 amide bonds. The molecule has 0 unspecified atom stereocenters. The molecule has 0 atom stereocenters. The molecule has 4 heteroatoms. The lowest BCUT2D eigenvalue weighted by molar-refractivity contribution is 0.0686. The molecular weight excluding hydrogens is 252 g/mol. The molecular formula is C16H14N2O2. The van der Waals surface area contributed by atoms with E-state index in [2.05, 4.69) is 4.98 Å². The molecule has 0 bridgehead atoms. The summed E-state index contributed by atoms with van der Waals surface area (Å²) in [6, 6.07) is 13.3. The highest BCUT2D eigenvalue weighted by Crippen LogP contribution is 2.21. The van der Waals surface area contributed by atoms with Gasteiger partial charge >= 0.3 is 5.97 Å². The van der Waals surface area contributed by atoms with Crippen LogP contribution in [0.4, 0.5) is 0 Å².